The zero-order chi connectivity index (χ0) is 15.8. The second-order valence-corrected chi connectivity index (χ2v) is 5.20. The third-order valence-corrected chi connectivity index (χ3v) is 3.60. The van der Waals surface area contributed by atoms with Crippen LogP contribution in [0.15, 0.2) is 29.3 Å². The highest BCUT2D eigenvalue weighted by atomic mass is 16.5. The van der Waals surface area contributed by atoms with Gasteiger partial charge in [-0.2, -0.15) is 0 Å². The first-order valence-corrected chi connectivity index (χ1v) is 7.83. The van der Waals surface area contributed by atoms with Gasteiger partial charge in [0.2, 0.25) is 0 Å². The Morgan fingerprint density at radius 3 is 2.86 bits per heavy atom. The number of methoxy groups -OCH3 is 1. The fraction of sp³-hybridized carbons (Fsp3) is 0.471. The molecule has 5 heteroatoms. The number of fused-ring (bicyclic) bond motifs is 1. The molecule has 5 nitrogen and oxygen atoms in total. The third-order valence-electron chi connectivity index (χ3n) is 3.60. The summed E-state index contributed by atoms with van der Waals surface area (Å²) in [6.45, 7) is 7.20. The smallest absolute Gasteiger partial charge is 0.191 e. The maximum Gasteiger partial charge on any atom is 0.191 e. The van der Waals surface area contributed by atoms with E-state index in [2.05, 4.69) is 58.7 Å². The topological polar surface area (TPSA) is 61.4 Å². The number of H-pyrrole nitrogens is 1. The van der Waals surface area contributed by atoms with Gasteiger partial charge in [0.25, 0.3) is 0 Å². The summed E-state index contributed by atoms with van der Waals surface area (Å²) in [5.41, 5.74) is 3.82. The van der Waals surface area contributed by atoms with Crippen molar-refractivity contribution in [2.75, 3.05) is 33.4 Å². The van der Waals surface area contributed by atoms with Crippen LogP contribution >= 0.6 is 0 Å². The van der Waals surface area contributed by atoms with Crippen molar-refractivity contribution in [1.82, 2.24) is 15.6 Å². The summed E-state index contributed by atoms with van der Waals surface area (Å²) in [5, 5.41) is 7.94. The molecule has 0 fully saturated rings. The Morgan fingerprint density at radius 1 is 1.27 bits per heavy atom. The van der Waals surface area contributed by atoms with Crippen molar-refractivity contribution in [1.29, 1.82) is 0 Å². The second kappa shape index (κ2) is 8.44. The van der Waals surface area contributed by atoms with E-state index in [1.807, 2.05) is 0 Å². The van der Waals surface area contributed by atoms with E-state index in [-0.39, 0.29) is 0 Å². The number of aryl methyl sites for hydroxylation is 1. The Bertz CT molecular complexity index is 618. The van der Waals surface area contributed by atoms with E-state index in [4.69, 9.17) is 4.74 Å². The third kappa shape index (κ3) is 4.24. The maximum absolute atomic E-state index is 5.03. The van der Waals surface area contributed by atoms with Crippen molar-refractivity contribution >= 4 is 16.9 Å². The zero-order valence-electron chi connectivity index (χ0n) is 13.7. The first-order valence-electron chi connectivity index (χ1n) is 7.83. The van der Waals surface area contributed by atoms with Crippen LogP contribution in [0.3, 0.4) is 0 Å². The van der Waals surface area contributed by atoms with Crippen LogP contribution in [-0.4, -0.2) is 44.3 Å². The standard InChI is InChI=1S/C17H26N4O/c1-4-18-17(20-11-12-22-3)19-10-9-14-13(2)21-16-8-6-5-7-15(14)16/h5-8,21H,4,9-12H2,1-3H3,(H2,18,19,20). The van der Waals surface area contributed by atoms with Crippen LogP contribution in [0.1, 0.15) is 18.2 Å². The average molecular weight is 302 g/mol. The molecule has 0 amide bonds. The highest BCUT2D eigenvalue weighted by Gasteiger charge is 2.07. The first-order chi connectivity index (χ1) is 10.8. The van der Waals surface area contributed by atoms with E-state index in [9.17, 15) is 0 Å². The van der Waals surface area contributed by atoms with Gasteiger partial charge in [0.05, 0.1) is 13.2 Å². The lowest BCUT2D eigenvalue weighted by Gasteiger charge is -2.11. The average Bonchev–Trinajstić information content (AvgIpc) is 2.83. The predicted molar refractivity (Wildman–Crippen MR) is 92.6 cm³/mol. The summed E-state index contributed by atoms with van der Waals surface area (Å²) in [6, 6.07) is 8.44. The van der Waals surface area contributed by atoms with Crippen LogP contribution in [0.2, 0.25) is 0 Å². The largest absolute Gasteiger partial charge is 0.383 e. The summed E-state index contributed by atoms with van der Waals surface area (Å²) in [7, 11) is 1.69. The van der Waals surface area contributed by atoms with Crippen molar-refractivity contribution in [3.8, 4) is 0 Å². The number of nitrogens with zero attached hydrogens (tertiary/aromatic N) is 1. The van der Waals surface area contributed by atoms with E-state index in [1.54, 1.807) is 7.11 Å². The number of benzene rings is 1. The molecule has 1 aromatic carbocycles. The minimum atomic E-state index is 0.637. The first kappa shape index (κ1) is 16.4. The molecule has 0 saturated carbocycles. The molecule has 2 rings (SSSR count). The lowest BCUT2D eigenvalue weighted by molar-refractivity contribution is 0.208. The molecule has 22 heavy (non-hydrogen) atoms. The number of para-hydroxylation sites is 1. The van der Waals surface area contributed by atoms with Gasteiger partial charge in [-0.1, -0.05) is 18.2 Å². The zero-order valence-corrected chi connectivity index (χ0v) is 13.7. The summed E-state index contributed by atoms with van der Waals surface area (Å²) < 4.78 is 5.03. The molecular formula is C17H26N4O. The van der Waals surface area contributed by atoms with Gasteiger partial charge in [-0.25, -0.2) is 0 Å². The Hall–Kier alpha value is -2.01. The van der Waals surface area contributed by atoms with Gasteiger partial charge in [0.15, 0.2) is 5.96 Å². The SMILES string of the molecule is CCNC(=NCCOC)NCCc1c(C)[nH]c2ccccc12. The minimum absolute atomic E-state index is 0.637. The van der Waals surface area contributed by atoms with Crippen molar-refractivity contribution in [3.63, 3.8) is 0 Å². The van der Waals surface area contributed by atoms with Crippen molar-refractivity contribution in [2.24, 2.45) is 4.99 Å². The fourth-order valence-electron chi connectivity index (χ4n) is 2.55. The molecule has 0 radical (unpaired) electrons. The number of aromatic nitrogens is 1. The molecule has 3 N–H and O–H groups in total. The quantitative estimate of drug-likeness (QED) is 0.417. The molecule has 0 aliphatic carbocycles. The molecule has 0 aliphatic rings. The van der Waals surface area contributed by atoms with Crippen LogP contribution < -0.4 is 10.6 Å². The molecule has 0 saturated heterocycles. The highest BCUT2D eigenvalue weighted by molar-refractivity contribution is 5.84. The van der Waals surface area contributed by atoms with Crippen LogP contribution in [-0.2, 0) is 11.2 Å². The Kier molecular flexibility index (Phi) is 6.27. The van der Waals surface area contributed by atoms with E-state index >= 15 is 0 Å². The number of guanidine groups is 1. The molecular weight excluding hydrogens is 276 g/mol. The van der Waals surface area contributed by atoms with Gasteiger partial charge in [-0.3, -0.25) is 4.99 Å². The van der Waals surface area contributed by atoms with Crippen molar-refractivity contribution in [3.05, 3.63) is 35.5 Å². The summed E-state index contributed by atoms with van der Waals surface area (Å²) in [6.07, 6.45) is 0.963. The van der Waals surface area contributed by atoms with Gasteiger partial charge in [-0.05, 0) is 31.9 Å². The molecule has 0 aliphatic heterocycles. The van der Waals surface area contributed by atoms with Gasteiger partial charge < -0.3 is 20.4 Å². The highest BCUT2D eigenvalue weighted by Crippen LogP contribution is 2.21. The number of hydrogen-bond donors (Lipinski definition) is 3. The van der Waals surface area contributed by atoms with Crippen LogP contribution in [0, 0.1) is 6.92 Å². The Labute approximate surface area is 132 Å². The normalized spacial score (nSPS) is 11.9. The fourth-order valence-corrected chi connectivity index (χ4v) is 2.55. The predicted octanol–water partition coefficient (Wildman–Crippen LogP) is 2.22. The van der Waals surface area contributed by atoms with Gasteiger partial charge in [0, 0.05) is 36.8 Å². The summed E-state index contributed by atoms with van der Waals surface area (Å²) in [5.74, 6) is 0.844. The molecule has 1 heterocycles. The number of aromatic amines is 1. The van der Waals surface area contributed by atoms with E-state index in [1.165, 1.54) is 22.2 Å². The van der Waals surface area contributed by atoms with Gasteiger partial charge in [0.1, 0.15) is 0 Å². The molecule has 0 spiro atoms. The molecule has 1 aromatic heterocycles. The minimum Gasteiger partial charge on any atom is -0.383 e. The number of ether oxygens (including phenoxy) is 1. The van der Waals surface area contributed by atoms with Crippen LogP contribution in [0.4, 0.5) is 0 Å². The van der Waals surface area contributed by atoms with E-state index in [0.717, 1.165) is 25.5 Å². The monoisotopic (exact) mass is 302 g/mol. The van der Waals surface area contributed by atoms with Crippen LogP contribution in [0.5, 0.6) is 0 Å². The lowest BCUT2D eigenvalue weighted by atomic mass is 10.1. The number of hydrogen-bond acceptors (Lipinski definition) is 2. The molecule has 120 valence electrons. The Morgan fingerprint density at radius 2 is 2.09 bits per heavy atom. The molecule has 0 unspecified atom stereocenters. The van der Waals surface area contributed by atoms with Gasteiger partial charge in [-0.15, -0.1) is 0 Å². The van der Waals surface area contributed by atoms with Gasteiger partial charge >= 0.3 is 0 Å². The molecule has 0 bridgehead atoms. The lowest BCUT2D eigenvalue weighted by Crippen LogP contribution is -2.38. The summed E-state index contributed by atoms with van der Waals surface area (Å²) in [4.78, 5) is 7.91. The van der Waals surface area contributed by atoms with Crippen LogP contribution in [0.25, 0.3) is 10.9 Å². The van der Waals surface area contributed by atoms with Crippen molar-refractivity contribution < 1.29 is 4.74 Å². The number of nitrogens with one attached hydrogen (secondary N) is 3. The Balaban J connectivity index is 1.96. The number of rotatable bonds is 7. The van der Waals surface area contributed by atoms with E-state index in [0.29, 0.717) is 13.2 Å². The number of aliphatic imine (C=N–C) groups is 1. The molecule has 0 atom stereocenters. The second-order valence-electron chi connectivity index (χ2n) is 5.20. The van der Waals surface area contributed by atoms with Crippen molar-refractivity contribution in [2.45, 2.75) is 20.3 Å². The molecule has 2 aromatic rings. The summed E-state index contributed by atoms with van der Waals surface area (Å²) >= 11 is 0. The van der Waals surface area contributed by atoms with E-state index < -0.39 is 0 Å². The maximum atomic E-state index is 5.03.